The van der Waals surface area contributed by atoms with Gasteiger partial charge in [0.15, 0.2) is 11.5 Å². The summed E-state index contributed by atoms with van der Waals surface area (Å²) in [5.41, 5.74) is 2.41. The molecule has 0 bridgehead atoms. The fourth-order valence-electron chi connectivity index (χ4n) is 4.09. The lowest BCUT2D eigenvalue weighted by molar-refractivity contribution is -0.133. The molecule has 8 heteroatoms. The van der Waals surface area contributed by atoms with E-state index in [0.717, 1.165) is 36.4 Å². The molecule has 1 aromatic heterocycles. The van der Waals surface area contributed by atoms with Crippen LogP contribution < -0.4 is 9.47 Å². The van der Waals surface area contributed by atoms with Crippen molar-refractivity contribution in [2.24, 2.45) is 0 Å². The lowest BCUT2D eigenvalue weighted by atomic mass is 10.1. The molecule has 3 aromatic rings. The molecule has 180 valence electrons. The van der Waals surface area contributed by atoms with Crippen LogP contribution in [0.4, 0.5) is 0 Å². The van der Waals surface area contributed by atoms with E-state index in [4.69, 9.17) is 30.9 Å². The largest absolute Gasteiger partial charge is 0.493 e. The number of ether oxygens (including phenoxy) is 3. The number of carbonyl (C=O) groups excluding carboxylic acids is 1. The van der Waals surface area contributed by atoms with E-state index in [1.54, 1.807) is 11.8 Å². The highest BCUT2D eigenvalue weighted by molar-refractivity contribution is 6.30. The number of para-hydroxylation sites is 2. The van der Waals surface area contributed by atoms with Crippen LogP contribution in [0.5, 0.6) is 17.4 Å². The van der Waals surface area contributed by atoms with Gasteiger partial charge in [-0.15, -0.1) is 0 Å². The number of amides is 1. The van der Waals surface area contributed by atoms with Crippen LogP contribution in [0.1, 0.15) is 37.4 Å². The van der Waals surface area contributed by atoms with Crippen LogP contribution in [-0.4, -0.2) is 47.0 Å². The van der Waals surface area contributed by atoms with Crippen LogP contribution in [-0.2, 0) is 16.1 Å². The summed E-state index contributed by atoms with van der Waals surface area (Å²) in [6, 6.07) is 14.8. The third-order valence-electron chi connectivity index (χ3n) is 5.94. The second-order valence-electron chi connectivity index (χ2n) is 8.27. The Kier molecular flexibility index (Phi) is 7.75. The average Bonchev–Trinajstić information content (AvgIpc) is 3.47. The number of hydrogen-bond donors (Lipinski definition) is 0. The predicted octanol–water partition coefficient (Wildman–Crippen LogP) is 5.55. The van der Waals surface area contributed by atoms with Crippen molar-refractivity contribution in [1.29, 1.82) is 0 Å². The molecule has 2 heterocycles. The lowest BCUT2D eigenvalue weighted by Crippen LogP contribution is -2.36. The second-order valence-corrected chi connectivity index (χ2v) is 8.71. The van der Waals surface area contributed by atoms with Gasteiger partial charge in [-0.2, -0.15) is 5.10 Å². The van der Waals surface area contributed by atoms with E-state index >= 15 is 0 Å². The standard InChI is InChI=1S/C26H30ClN3O4/c1-4-25(31)29(16-21-8-7-15-33-21)17-22-18(2)28-30(20-13-11-19(27)12-14-20)26(22)34-24-10-6-5-9-23(24)32-3/h5-6,9-14,21H,4,7-8,15-17H2,1-3H3. The Balaban J connectivity index is 1.75. The molecule has 1 aliphatic heterocycles. The minimum absolute atomic E-state index is 0.0562. The van der Waals surface area contributed by atoms with Gasteiger partial charge in [-0.05, 0) is 56.2 Å². The molecule has 1 saturated heterocycles. The quantitative estimate of drug-likeness (QED) is 0.399. The van der Waals surface area contributed by atoms with Gasteiger partial charge in [0.2, 0.25) is 11.8 Å². The topological polar surface area (TPSA) is 65.8 Å². The minimum Gasteiger partial charge on any atom is -0.493 e. The van der Waals surface area contributed by atoms with Gasteiger partial charge in [0.05, 0.1) is 36.7 Å². The fraction of sp³-hybridized carbons (Fsp3) is 0.385. The first-order chi connectivity index (χ1) is 16.5. The molecule has 2 aromatic carbocycles. The summed E-state index contributed by atoms with van der Waals surface area (Å²) in [6.45, 7) is 5.47. The monoisotopic (exact) mass is 483 g/mol. The van der Waals surface area contributed by atoms with E-state index in [1.165, 1.54) is 0 Å². The highest BCUT2D eigenvalue weighted by Gasteiger charge is 2.27. The second kappa shape index (κ2) is 10.9. The molecule has 1 unspecified atom stereocenters. The number of benzene rings is 2. The van der Waals surface area contributed by atoms with Gasteiger partial charge in [-0.3, -0.25) is 4.79 Å². The summed E-state index contributed by atoms with van der Waals surface area (Å²) in [4.78, 5) is 14.7. The molecule has 0 aliphatic carbocycles. The zero-order valence-electron chi connectivity index (χ0n) is 19.8. The third kappa shape index (κ3) is 5.37. The van der Waals surface area contributed by atoms with Crippen LogP contribution in [0.25, 0.3) is 5.69 Å². The normalized spacial score (nSPS) is 15.4. The van der Waals surface area contributed by atoms with Crippen molar-refractivity contribution < 1.29 is 19.0 Å². The number of aryl methyl sites for hydroxylation is 1. The molecule has 1 atom stereocenters. The van der Waals surface area contributed by atoms with Crippen LogP contribution in [0.2, 0.25) is 5.02 Å². The highest BCUT2D eigenvalue weighted by Crippen LogP contribution is 2.36. The number of carbonyl (C=O) groups is 1. The summed E-state index contributed by atoms with van der Waals surface area (Å²) < 4.78 is 19.5. The van der Waals surface area contributed by atoms with Gasteiger partial charge in [0.1, 0.15) is 0 Å². The van der Waals surface area contributed by atoms with Gasteiger partial charge >= 0.3 is 0 Å². The van der Waals surface area contributed by atoms with Gasteiger partial charge < -0.3 is 19.1 Å². The molecule has 0 N–H and O–H groups in total. The summed E-state index contributed by atoms with van der Waals surface area (Å²) in [6.07, 6.45) is 2.45. The van der Waals surface area contributed by atoms with Crippen molar-refractivity contribution in [3.05, 3.63) is 64.8 Å². The number of aromatic nitrogens is 2. The highest BCUT2D eigenvalue weighted by atomic mass is 35.5. The number of rotatable bonds is 9. The van der Waals surface area contributed by atoms with Crippen molar-refractivity contribution in [3.8, 4) is 23.1 Å². The maximum Gasteiger partial charge on any atom is 0.228 e. The van der Waals surface area contributed by atoms with E-state index in [-0.39, 0.29) is 12.0 Å². The minimum atomic E-state index is 0.0562. The predicted molar refractivity (Wildman–Crippen MR) is 131 cm³/mol. The fourth-order valence-corrected chi connectivity index (χ4v) is 4.22. The molecule has 1 fully saturated rings. The first-order valence-corrected chi connectivity index (χ1v) is 11.9. The van der Waals surface area contributed by atoms with Crippen LogP contribution in [0, 0.1) is 6.92 Å². The van der Waals surface area contributed by atoms with Crippen LogP contribution in [0.15, 0.2) is 48.5 Å². The van der Waals surface area contributed by atoms with E-state index in [9.17, 15) is 4.79 Å². The number of halogens is 1. The Hall–Kier alpha value is -3.03. The van der Waals surface area contributed by atoms with Gasteiger partial charge in [-0.25, -0.2) is 4.68 Å². The zero-order valence-corrected chi connectivity index (χ0v) is 20.5. The summed E-state index contributed by atoms with van der Waals surface area (Å²) in [5.74, 6) is 1.77. The Morgan fingerprint density at radius 2 is 1.94 bits per heavy atom. The van der Waals surface area contributed by atoms with Gasteiger partial charge in [-0.1, -0.05) is 30.7 Å². The maximum absolute atomic E-state index is 12.9. The van der Waals surface area contributed by atoms with Gasteiger partial charge in [0.25, 0.3) is 0 Å². The smallest absolute Gasteiger partial charge is 0.228 e. The number of nitrogens with zero attached hydrogens (tertiary/aromatic N) is 3. The van der Waals surface area contributed by atoms with E-state index in [2.05, 4.69) is 0 Å². The Labute approximate surface area is 205 Å². The zero-order chi connectivity index (χ0) is 24.1. The summed E-state index contributed by atoms with van der Waals surface area (Å²) in [7, 11) is 1.61. The Bertz CT molecular complexity index is 1120. The molecule has 4 rings (SSSR count). The van der Waals surface area contributed by atoms with E-state index < -0.39 is 0 Å². The third-order valence-corrected chi connectivity index (χ3v) is 6.19. The molecule has 0 spiro atoms. The maximum atomic E-state index is 12.9. The Morgan fingerprint density at radius 1 is 1.21 bits per heavy atom. The van der Waals surface area contributed by atoms with Crippen molar-refractivity contribution in [1.82, 2.24) is 14.7 Å². The summed E-state index contributed by atoms with van der Waals surface area (Å²) >= 11 is 6.11. The first-order valence-electron chi connectivity index (χ1n) is 11.5. The molecule has 34 heavy (non-hydrogen) atoms. The molecule has 7 nitrogen and oxygen atoms in total. The molecular formula is C26H30ClN3O4. The number of hydrogen-bond acceptors (Lipinski definition) is 5. The SMILES string of the molecule is CCC(=O)N(Cc1c(C)nn(-c2ccc(Cl)cc2)c1Oc1ccccc1OC)CC1CCCO1. The van der Waals surface area contributed by atoms with E-state index in [0.29, 0.717) is 41.9 Å². The molecular weight excluding hydrogens is 454 g/mol. The van der Waals surface area contributed by atoms with Crippen molar-refractivity contribution >= 4 is 17.5 Å². The number of methoxy groups -OCH3 is 1. The van der Waals surface area contributed by atoms with Crippen molar-refractivity contribution in [2.45, 2.75) is 45.8 Å². The molecule has 0 radical (unpaired) electrons. The Morgan fingerprint density at radius 3 is 2.59 bits per heavy atom. The molecule has 0 saturated carbocycles. The van der Waals surface area contributed by atoms with Gasteiger partial charge in [0, 0.05) is 24.6 Å². The van der Waals surface area contributed by atoms with E-state index in [1.807, 2.05) is 67.3 Å². The van der Waals surface area contributed by atoms with Crippen LogP contribution in [0.3, 0.4) is 0 Å². The van der Waals surface area contributed by atoms with Crippen LogP contribution >= 0.6 is 11.6 Å². The lowest BCUT2D eigenvalue weighted by Gasteiger charge is -2.25. The first kappa shape index (κ1) is 24.1. The summed E-state index contributed by atoms with van der Waals surface area (Å²) in [5, 5.41) is 5.41. The van der Waals surface area contributed by atoms with Crippen molar-refractivity contribution in [2.75, 3.05) is 20.3 Å². The average molecular weight is 484 g/mol. The molecule has 1 aliphatic rings. The molecule has 1 amide bonds. The van der Waals surface area contributed by atoms with Crippen molar-refractivity contribution in [3.63, 3.8) is 0 Å².